The highest BCUT2D eigenvalue weighted by Crippen LogP contribution is 2.24. The van der Waals surface area contributed by atoms with E-state index in [4.69, 9.17) is 4.74 Å². The van der Waals surface area contributed by atoms with Gasteiger partial charge < -0.3 is 15.4 Å². The van der Waals surface area contributed by atoms with Crippen molar-refractivity contribution in [1.29, 1.82) is 0 Å². The number of hydrogen-bond donors (Lipinski definition) is 2. The summed E-state index contributed by atoms with van der Waals surface area (Å²) in [6.45, 7) is 6.89. The van der Waals surface area contributed by atoms with Crippen molar-refractivity contribution in [2.45, 2.75) is 96.2 Å². The van der Waals surface area contributed by atoms with Crippen LogP contribution in [0.4, 0.5) is 4.79 Å². The Labute approximate surface area is 135 Å². The minimum atomic E-state index is -0.414. The van der Waals surface area contributed by atoms with Crippen molar-refractivity contribution in [2.24, 2.45) is 5.92 Å². The molecule has 0 aromatic rings. The zero-order valence-corrected chi connectivity index (χ0v) is 14.6. The van der Waals surface area contributed by atoms with Crippen molar-refractivity contribution in [3.05, 3.63) is 0 Å². The number of alkyl carbamates (subject to hydrolysis) is 1. The van der Waals surface area contributed by atoms with Crippen LogP contribution in [0.5, 0.6) is 0 Å². The minimum absolute atomic E-state index is 0.272. The molecule has 128 valence electrons. The molecule has 0 atom stereocenters. The number of amides is 1. The Kier molecular flexibility index (Phi) is 6.54. The summed E-state index contributed by atoms with van der Waals surface area (Å²) in [4.78, 5) is 11.8. The average molecular weight is 310 g/mol. The van der Waals surface area contributed by atoms with Gasteiger partial charge in [0.25, 0.3) is 0 Å². The topological polar surface area (TPSA) is 50.4 Å². The van der Waals surface area contributed by atoms with Gasteiger partial charge >= 0.3 is 6.09 Å². The molecule has 0 unspecified atom stereocenters. The molecule has 2 fully saturated rings. The molecule has 2 aliphatic rings. The Bertz CT molecular complexity index is 337. The molecule has 2 rings (SSSR count). The fraction of sp³-hybridized carbons (Fsp3) is 0.944. The van der Waals surface area contributed by atoms with Crippen LogP contribution in [0.15, 0.2) is 0 Å². The summed E-state index contributed by atoms with van der Waals surface area (Å²) in [6.07, 6.45) is 11.2. The molecule has 22 heavy (non-hydrogen) atoms. The van der Waals surface area contributed by atoms with Crippen molar-refractivity contribution in [1.82, 2.24) is 10.6 Å². The molecule has 4 heteroatoms. The van der Waals surface area contributed by atoms with Crippen molar-refractivity contribution >= 4 is 6.09 Å². The molecule has 0 aromatic heterocycles. The van der Waals surface area contributed by atoms with Gasteiger partial charge in [0.2, 0.25) is 0 Å². The number of rotatable bonds is 4. The Morgan fingerprint density at radius 1 is 0.955 bits per heavy atom. The summed E-state index contributed by atoms with van der Waals surface area (Å²) in [5.74, 6) is 0.895. The van der Waals surface area contributed by atoms with Crippen LogP contribution in [-0.4, -0.2) is 30.3 Å². The van der Waals surface area contributed by atoms with Crippen molar-refractivity contribution in [3.8, 4) is 0 Å². The summed E-state index contributed by atoms with van der Waals surface area (Å²) in [6, 6.07) is 0.918. The van der Waals surface area contributed by atoms with E-state index in [1.807, 2.05) is 20.8 Å². The Morgan fingerprint density at radius 2 is 1.55 bits per heavy atom. The SMILES string of the molecule is CC(C)(C)OC(=O)NC1CCC(NCC2CCCCC2)CC1. The fourth-order valence-corrected chi connectivity index (χ4v) is 3.64. The molecule has 0 radical (unpaired) electrons. The first-order valence-corrected chi connectivity index (χ1v) is 9.15. The molecule has 2 aliphatic carbocycles. The summed E-state index contributed by atoms with van der Waals surface area (Å²) < 4.78 is 5.33. The van der Waals surface area contributed by atoms with Crippen molar-refractivity contribution in [3.63, 3.8) is 0 Å². The third-order valence-corrected chi connectivity index (χ3v) is 4.87. The molecule has 0 bridgehead atoms. The monoisotopic (exact) mass is 310 g/mol. The van der Waals surface area contributed by atoms with Gasteiger partial charge in [-0.25, -0.2) is 4.79 Å². The molecule has 0 aromatic carbocycles. The van der Waals surface area contributed by atoms with E-state index in [0.29, 0.717) is 6.04 Å². The number of carbonyl (C=O) groups is 1. The lowest BCUT2D eigenvalue weighted by atomic mass is 9.87. The second-order valence-electron chi connectivity index (χ2n) is 8.11. The van der Waals surface area contributed by atoms with E-state index in [2.05, 4.69) is 10.6 Å². The largest absolute Gasteiger partial charge is 0.444 e. The molecular formula is C18H34N2O2. The van der Waals surface area contributed by atoms with E-state index in [9.17, 15) is 4.79 Å². The second-order valence-corrected chi connectivity index (χ2v) is 8.11. The molecule has 4 nitrogen and oxygen atoms in total. The molecular weight excluding hydrogens is 276 g/mol. The van der Waals surface area contributed by atoms with Crippen LogP contribution in [-0.2, 0) is 4.74 Å². The molecule has 0 spiro atoms. The molecule has 2 saturated carbocycles. The average Bonchev–Trinajstić information content (AvgIpc) is 2.45. The minimum Gasteiger partial charge on any atom is -0.444 e. The number of nitrogens with one attached hydrogen (secondary N) is 2. The number of ether oxygens (including phenoxy) is 1. The first kappa shape index (κ1) is 17.6. The summed E-state index contributed by atoms with van der Waals surface area (Å²) >= 11 is 0. The van der Waals surface area contributed by atoms with E-state index in [0.717, 1.165) is 31.6 Å². The van der Waals surface area contributed by atoms with Gasteiger partial charge in [0, 0.05) is 12.1 Å². The maximum Gasteiger partial charge on any atom is 0.407 e. The van der Waals surface area contributed by atoms with Crippen LogP contribution >= 0.6 is 0 Å². The van der Waals surface area contributed by atoms with Gasteiger partial charge in [-0.2, -0.15) is 0 Å². The molecule has 1 amide bonds. The summed E-state index contributed by atoms with van der Waals surface area (Å²) in [5, 5.41) is 6.77. The Balaban J connectivity index is 1.60. The van der Waals surface area contributed by atoms with Gasteiger partial charge in [-0.3, -0.25) is 0 Å². The molecule has 0 aliphatic heterocycles. The first-order valence-electron chi connectivity index (χ1n) is 9.15. The Morgan fingerprint density at radius 3 is 2.14 bits per heavy atom. The number of carbonyl (C=O) groups excluding carboxylic acids is 1. The Hall–Kier alpha value is -0.770. The maximum atomic E-state index is 11.8. The van der Waals surface area contributed by atoms with Gasteiger partial charge in [0.05, 0.1) is 0 Å². The third kappa shape index (κ3) is 6.55. The van der Waals surface area contributed by atoms with E-state index in [1.165, 1.54) is 38.6 Å². The van der Waals surface area contributed by atoms with E-state index < -0.39 is 5.60 Å². The first-order chi connectivity index (χ1) is 10.4. The van der Waals surface area contributed by atoms with Crippen molar-refractivity contribution in [2.75, 3.05) is 6.54 Å². The van der Waals surface area contributed by atoms with E-state index in [1.54, 1.807) is 0 Å². The van der Waals surface area contributed by atoms with Gasteiger partial charge in [-0.15, -0.1) is 0 Å². The van der Waals surface area contributed by atoms with Crippen LogP contribution < -0.4 is 10.6 Å². The third-order valence-electron chi connectivity index (χ3n) is 4.87. The highest BCUT2D eigenvalue weighted by Gasteiger charge is 2.25. The molecule has 0 saturated heterocycles. The molecule has 2 N–H and O–H groups in total. The summed E-state index contributed by atoms with van der Waals surface area (Å²) in [5.41, 5.74) is -0.414. The van der Waals surface area contributed by atoms with Gasteiger partial charge in [-0.1, -0.05) is 19.3 Å². The standard InChI is InChI=1S/C18H34N2O2/c1-18(2,3)22-17(21)20-16-11-9-15(10-12-16)19-13-14-7-5-4-6-8-14/h14-16,19H,4-13H2,1-3H3,(H,20,21). The predicted octanol–water partition coefficient (Wildman–Crippen LogP) is 3.99. The quantitative estimate of drug-likeness (QED) is 0.825. The second kappa shape index (κ2) is 8.19. The smallest absolute Gasteiger partial charge is 0.407 e. The van der Waals surface area contributed by atoms with Crippen LogP contribution in [0.3, 0.4) is 0 Å². The van der Waals surface area contributed by atoms with Crippen LogP contribution in [0.2, 0.25) is 0 Å². The van der Waals surface area contributed by atoms with Crippen LogP contribution in [0.1, 0.15) is 78.6 Å². The van der Waals surface area contributed by atoms with Gasteiger partial charge in [0.15, 0.2) is 0 Å². The highest BCUT2D eigenvalue weighted by molar-refractivity contribution is 5.68. The lowest BCUT2D eigenvalue weighted by molar-refractivity contribution is 0.0489. The molecule has 0 heterocycles. The lowest BCUT2D eigenvalue weighted by Gasteiger charge is -2.32. The zero-order chi connectivity index (χ0) is 16.0. The lowest BCUT2D eigenvalue weighted by Crippen LogP contribution is -2.44. The van der Waals surface area contributed by atoms with E-state index in [-0.39, 0.29) is 12.1 Å². The van der Waals surface area contributed by atoms with Crippen molar-refractivity contribution < 1.29 is 9.53 Å². The normalized spacial score (nSPS) is 27.4. The highest BCUT2D eigenvalue weighted by atomic mass is 16.6. The van der Waals surface area contributed by atoms with Crippen LogP contribution in [0.25, 0.3) is 0 Å². The fourth-order valence-electron chi connectivity index (χ4n) is 3.64. The van der Waals surface area contributed by atoms with E-state index >= 15 is 0 Å². The predicted molar refractivity (Wildman–Crippen MR) is 90.0 cm³/mol. The van der Waals surface area contributed by atoms with Gasteiger partial charge in [-0.05, 0) is 71.8 Å². The maximum absolute atomic E-state index is 11.8. The zero-order valence-electron chi connectivity index (χ0n) is 14.6. The summed E-state index contributed by atoms with van der Waals surface area (Å²) in [7, 11) is 0. The number of hydrogen-bond acceptors (Lipinski definition) is 3. The van der Waals surface area contributed by atoms with Crippen LogP contribution in [0, 0.1) is 5.92 Å². The van der Waals surface area contributed by atoms with Gasteiger partial charge in [0.1, 0.15) is 5.60 Å².